The van der Waals surface area contributed by atoms with Crippen LogP contribution in [0.1, 0.15) is 29.8 Å². The molecular weight excluding hydrogens is 148 g/mol. The summed E-state index contributed by atoms with van der Waals surface area (Å²) in [5, 5.41) is 0. The van der Waals surface area contributed by atoms with Crippen LogP contribution in [0.25, 0.3) is 0 Å². The Hall–Kier alpha value is -1.08. The first-order chi connectivity index (χ1) is 5.86. The first-order valence-corrected chi connectivity index (χ1v) is 4.28. The van der Waals surface area contributed by atoms with Gasteiger partial charge in [0.15, 0.2) is 0 Å². The third-order valence-corrected chi connectivity index (χ3v) is 2.74. The zero-order valence-corrected chi connectivity index (χ0v) is 6.79. The van der Waals surface area contributed by atoms with Gasteiger partial charge in [-0.25, -0.2) is 0 Å². The highest BCUT2D eigenvalue weighted by Gasteiger charge is 2.39. The minimum absolute atomic E-state index is 0.200. The van der Waals surface area contributed by atoms with Gasteiger partial charge in [0.2, 0.25) is 0 Å². The van der Waals surface area contributed by atoms with Crippen LogP contribution in [0.4, 0.5) is 0 Å². The fourth-order valence-corrected chi connectivity index (χ4v) is 2.17. The predicted molar refractivity (Wildman–Crippen MR) is 46.8 cm³/mol. The van der Waals surface area contributed by atoms with Gasteiger partial charge in [-0.3, -0.25) is 0 Å². The molecule has 1 aromatic rings. The quantitative estimate of drug-likeness (QED) is 0.527. The van der Waals surface area contributed by atoms with Crippen LogP contribution in [0.2, 0.25) is 0 Å². The Bertz CT molecular complexity index is 354. The molecule has 2 heterocycles. The molecule has 12 heavy (non-hydrogen) atoms. The van der Waals surface area contributed by atoms with Crippen LogP contribution in [0.5, 0.6) is 0 Å². The first kappa shape index (κ1) is 6.44. The van der Waals surface area contributed by atoms with Crippen molar-refractivity contribution in [3.63, 3.8) is 0 Å². The van der Waals surface area contributed by atoms with Crippen molar-refractivity contribution in [2.75, 3.05) is 0 Å². The molecular formula is C11H10O. The molecule has 1 nitrogen and oxygen atoms in total. The van der Waals surface area contributed by atoms with Crippen LogP contribution in [0.3, 0.4) is 0 Å². The van der Waals surface area contributed by atoms with Crippen LogP contribution < -0.4 is 0 Å². The van der Waals surface area contributed by atoms with Gasteiger partial charge in [-0.1, -0.05) is 30.8 Å². The summed E-state index contributed by atoms with van der Waals surface area (Å²) in [6.07, 6.45) is 1.52. The van der Waals surface area contributed by atoms with Crippen molar-refractivity contribution in [1.82, 2.24) is 0 Å². The Morgan fingerprint density at radius 1 is 1.25 bits per heavy atom. The summed E-state index contributed by atoms with van der Waals surface area (Å²) >= 11 is 0. The Morgan fingerprint density at radius 2 is 2.00 bits per heavy atom. The molecule has 1 heteroatoms. The summed E-state index contributed by atoms with van der Waals surface area (Å²) in [5.41, 5.74) is 3.94. The molecule has 2 aliphatic rings. The Labute approximate surface area is 71.7 Å². The van der Waals surface area contributed by atoms with Gasteiger partial charge in [-0.05, 0) is 16.7 Å². The Balaban J connectivity index is 2.23. The normalized spacial score (nSPS) is 30.8. The van der Waals surface area contributed by atoms with Gasteiger partial charge < -0.3 is 4.74 Å². The molecule has 2 aliphatic heterocycles. The minimum Gasteiger partial charge on any atom is -0.361 e. The van der Waals surface area contributed by atoms with Gasteiger partial charge in [0, 0.05) is 6.42 Å². The highest BCUT2D eigenvalue weighted by atomic mass is 16.5. The third-order valence-electron chi connectivity index (χ3n) is 2.74. The van der Waals surface area contributed by atoms with Crippen molar-refractivity contribution in [3.05, 3.63) is 47.5 Å². The van der Waals surface area contributed by atoms with E-state index in [1.807, 2.05) is 0 Å². The molecule has 0 radical (unpaired) electrons. The molecule has 0 unspecified atom stereocenters. The number of hydrogen-bond acceptors (Lipinski definition) is 1. The molecule has 0 spiro atoms. The Kier molecular flexibility index (Phi) is 1.07. The van der Waals surface area contributed by atoms with E-state index < -0.39 is 0 Å². The standard InChI is InChI=1S/C11H10O/c1-7-6-10-8-4-2-3-5-9(8)11(7)12-10/h2-5,10-11H,1,6H2/t10-,11+/m1/s1. The van der Waals surface area contributed by atoms with Crippen LogP contribution in [0.15, 0.2) is 36.4 Å². The van der Waals surface area contributed by atoms with E-state index in [-0.39, 0.29) is 6.10 Å². The number of benzene rings is 1. The van der Waals surface area contributed by atoms with Crippen LogP contribution in [-0.2, 0) is 4.74 Å². The van der Waals surface area contributed by atoms with E-state index in [9.17, 15) is 0 Å². The number of rotatable bonds is 0. The molecule has 0 aliphatic carbocycles. The van der Waals surface area contributed by atoms with Gasteiger partial charge in [0.25, 0.3) is 0 Å². The van der Waals surface area contributed by atoms with E-state index in [0.717, 1.165) is 6.42 Å². The predicted octanol–water partition coefficient (Wildman–Crippen LogP) is 2.76. The van der Waals surface area contributed by atoms with E-state index in [1.165, 1.54) is 16.7 Å². The summed E-state index contributed by atoms with van der Waals surface area (Å²) < 4.78 is 5.76. The zero-order chi connectivity index (χ0) is 8.13. The monoisotopic (exact) mass is 158 g/mol. The molecule has 1 aromatic carbocycles. The molecule has 2 bridgehead atoms. The van der Waals surface area contributed by atoms with Crippen molar-refractivity contribution in [3.8, 4) is 0 Å². The molecule has 1 saturated heterocycles. The largest absolute Gasteiger partial charge is 0.361 e. The SMILES string of the molecule is C=C1C[C@H]2O[C@@H]1c1ccccc12. The number of hydrogen-bond donors (Lipinski definition) is 0. The molecule has 0 aromatic heterocycles. The van der Waals surface area contributed by atoms with Crippen LogP contribution in [-0.4, -0.2) is 0 Å². The van der Waals surface area contributed by atoms with Crippen LogP contribution in [0, 0.1) is 0 Å². The topological polar surface area (TPSA) is 9.23 Å². The van der Waals surface area contributed by atoms with Gasteiger partial charge in [0.05, 0.1) is 6.10 Å². The lowest BCUT2D eigenvalue weighted by Crippen LogP contribution is -1.98. The van der Waals surface area contributed by atoms with Gasteiger partial charge in [-0.2, -0.15) is 0 Å². The van der Waals surface area contributed by atoms with Gasteiger partial charge in [-0.15, -0.1) is 0 Å². The molecule has 1 fully saturated rings. The average Bonchev–Trinajstić information content (AvgIpc) is 2.62. The maximum absolute atomic E-state index is 5.76. The molecule has 0 N–H and O–H groups in total. The maximum Gasteiger partial charge on any atom is 0.105 e. The van der Waals surface area contributed by atoms with Crippen molar-refractivity contribution in [2.45, 2.75) is 18.6 Å². The average molecular weight is 158 g/mol. The fourth-order valence-electron chi connectivity index (χ4n) is 2.17. The fraction of sp³-hybridized carbons (Fsp3) is 0.273. The highest BCUT2D eigenvalue weighted by Crippen LogP contribution is 2.52. The highest BCUT2D eigenvalue weighted by molar-refractivity contribution is 5.43. The second-order valence-corrected chi connectivity index (χ2v) is 3.50. The van der Waals surface area contributed by atoms with Crippen LogP contribution >= 0.6 is 0 Å². The van der Waals surface area contributed by atoms with E-state index >= 15 is 0 Å². The van der Waals surface area contributed by atoms with Crippen molar-refractivity contribution in [1.29, 1.82) is 0 Å². The number of fused-ring (bicyclic) bond motifs is 5. The summed E-state index contributed by atoms with van der Waals surface area (Å²) in [6.45, 7) is 4.01. The van der Waals surface area contributed by atoms with Gasteiger partial charge in [0.1, 0.15) is 6.10 Å². The first-order valence-electron chi connectivity index (χ1n) is 4.28. The zero-order valence-electron chi connectivity index (χ0n) is 6.79. The summed E-state index contributed by atoms with van der Waals surface area (Å²) in [6, 6.07) is 8.44. The minimum atomic E-state index is 0.200. The second kappa shape index (κ2) is 1.99. The van der Waals surface area contributed by atoms with E-state index in [1.54, 1.807) is 0 Å². The lowest BCUT2D eigenvalue weighted by Gasteiger charge is -2.12. The smallest absolute Gasteiger partial charge is 0.105 e. The van der Waals surface area contributed by atoms with Gasteiger partial charge >= 0.3 is 0 Å². The number of ether oxygens (including phenoxy) is 1. The maximum atomic E-state index is 5.76. The summed E-state index contributed by atoms with van der Waals surface area (Å²) in [4.78, 5) is 0. The Morgan fingerprint density at radius 3 is 2.83 bits per heavy atom. The molecule has 2 atom stereocenters. The molecule has 3 rings (SSSR count). The second-order valence-electron chi connectivity index (χ2n) is 3.50. The van der Waals surface area contributed by atoms with E-state index in [0.29, 0.717) is 6.10 Å². The summed E-state index contributed by atoms with van der Waals surface area (Å²) in [7, 11) is 0. The lowest BCUT2D eigenvalue weighted by molar-refractivity contribution is 0.0791. The molecule has 0 saturated carbocycles. The molecule has 60 valence electrons. The van der Waals surface area contributed by atoms with Crippen molar-refractivity contribution >= 4 is 0 Å². The van der Waals surface area contributed by atoms with Crippen molar-refractivity contribution in [2.24, 2.45) is 0 Å². The third kappa shape index (κ3) is 0.625. The van der Waals surface area contributed by atoms with Crippen molar-refractivity contribution < 1.29 is 4.74 Å². The summed E-state index contributed by atoms with van der Waals surface area (Å²) in [5.74, 6) is 0. The molecule has 0 amide bonds. The van der Waals surface area contributed by atoms with E-state index in [2.05, 4.69) is 30.8 Å². The van der Waals surface area contributed by atoms with E-state index in [4.69, 9.17) is 4.74 Å². The lowest BCUT2D eigenvalue weighted by atomic mass is 9.89.